The van der Waals surface area contributed by atoms with Gasteiger partial charge in [-0.3, -0.25) is 10.1 Å². The summed E-state index contributed by atoms with van der Waals surface area (Å²) in [6.07, 6.45) is 0. The van der Waals surface area contributed by atoms with Crippen LogP contribution in [0.2, 0.25) is 0 Å². The third-order valence-electron chi connectivity index (χ3n) is 5.68. The van der Waals surface area contributed by atoms with Gasteiger partial charge in [-0.25, -0.2) is 14.8 Å². The Morgan fingerprint density at radius 1 is 0.971 bits per heavy atom. The highest BCUT2D eigenvalue weighted by Crippen LogP contribution is 2.54. The summed E-state index contributed by atoms with van der Waals surface area (Å²) in [7, 11) is 0. The lowest BCUT2D eigenvalue weighted by atomic mass is 9.98. The molecule has 0 unspecified atom stereocenters. The highest BCUT2D eigenvalue weighted by molar-refractivity contribution is 8.16. The average molecular weight is 488 g/mol. The lowest BCUT2D eigenvalue weighted by molar-refractivity contribution is -0.384. The number of carbonyl (C=O) groups is 1. The smallest absolute Gasteiger partial charge is 0.365 e. The summed E-state index contributed by atoms with van der Waals surface area (Å²) in [6, 6.07) is 23.5. The van der Waals surface area contributed by atoms with Gasteiger partial charge in [0.25, 0.3) is 5.69 Å². The van der Waals surface area contributed by atoms with Crippen molar-refractivity contribution in [1.29, 1.82) is 0 Å². The van der Waals surface area contributed by atoms with Crippen LogP contribution in [0, 0.1) is 10.1 Å². The van der Waals surface area contributed by atoms with Crippen LogP contribution in [0.3, 0.4) is 0 Å². The first-order valence-corrected chi connectivity index (χ1v) is 11.8. The lowest BCUT2D eigenvalue weighted by Gasteiger charge is -2.46. The third-order valence-corrected chi connectivity index (χ3v) is 6.97. The van der Waals surface area contributed by atoms with Crippen LogP contribution >= 0.6 is 11.8 Å². The molecule has 35 heavy (non-hydrogen) atoms. The summed E-state index contributed by atoms with van der Waals surface area (Å²) in [4.78, 5) is 22.6. The van der Waals surface area contributed by atoms with Crippen molar-refractivity contribution in [2.24, 2.45) is 10.2 Å². The molecule has 176 valence electrons. The summed E-state index contributed by atoms with van der Waals surface area (Å²) in [5, 5.41) is 24.6. The summed E-state index contributed by atoms with van der Waals surface area (Å²) < 4.78 is 5.28. The molecule has 3 aromatic carbocycles. The number of fused-ring (bicyclic) bond motifs is 2. The number of nitro benzene ring substituents is 1. The molecular formula is C25H21N5O4S. The van der Waals surface area contributed by atoms with Gasteiger partial charge in [-0.15, -0.1) is 0 Å². The van der Waals surface area contributed by atoms with E-state index >= 15 is 0 Å². The minimum absolute atomic E-state index is 0.0397. The van der Waals surface area contributed by atoms with E-state index in [0.29, 0.717) is 5.69 Å². The normalized spacial score (nSPS) is 18.7. The van der Waals surface area contributed by atoms with Gasteiger partial charge in [0.2, 0.25) is 10.0 Å². The molecule has 0 aliphatic carbocycles. The maximum atomic E-state index is 12.9. The van der Waals surface area contributed by atoms with E-state index < -0.39 is 15.9 Å². The molecule has 2 aliphatic heterocycles. The SMILES string of the molecule is CCOC(=O)C1=NN(c2ccc([N+](=O)[O-])cc2)[C@@]2(S1)c1ccccc1C(C)=NN2c1ccccc1. The second kappa shape index (κ2) is 8.88. The number of rotatable bonds is 5. The van der Waals surface area contributed by atoms with Crippen LogP contribution in [0.25, 0.3) is 0 Å². The number of thioether (sulfide) groups is 1. The summed E-state index contributed by atoms with van der Waals surface area (Å²) in [5.74, 6) is -0.543. The van der Waals surface area contributed by atoms with Crippen molar-refractivity contribution in [3.05, 3.63) is 100 Å². The molecule has 5 rings (SSSR count). The van der Waals surface area contributed by atoms with E-state index in [-0.39, 0.29) is 17.3 Å². The van der Waals surface area contributed by atoms with Crippen LogP contribution < -0.4 is 10.0 Å². The van der Waals surface area contributed by atoms with Crippen LogP contribution in [0.4, 0.5) is 17.1 Å². The number of hydrogen-bond donors (Lipinski definition) is 0. The van der Waals surface area contributed by atoms with Gasteiger partial charge in [0, 0.05) is 23.3 Å². The lowest BCUT2D eigenvalue weighted by Crippen LogP contribution is -2.53. The standard InChI is InChI=1S/C25H21N5O4S/c1-3-34-24(31)23-27-29(19-13-15-20(16-14-19)30(32)33)25(35-23)22-12-8-7-11-21(22)17(2)26-28(25)18-9-5-4-6-10-18/h4-16H,3H2,1-2H3/t25-/m1/s1. The predicted molar refractivity (Wildman–Crippen MR) is 136 cm³/mol. The first-order valence-electron chi connectivity index (χ1n) is 11.0. The van der Waals surface area contributed by atoms with Crippen molar-refractivity contribution >= 4 is 45.5 Å². The van der Waals surface area contributed by atoms with Crippen molar-refractivity contribution in [3.63, 3.8) is 0 Å². The Labute approximate surface area is 205 Å². The van der Waals surface area contributed by atoms with Gasteiger partial charge in [0.15, 0.2) is 0 Å². The molecule has 9 nitrogen and oxygen atoms in total. The molecular weight excluding hydrogens is 466 g/mol. The molecule has 0 radical (unpaired) electrons. The molecule has 0 amide bonds. The number of hydrogen-bond acceptors (Lipinski definition) is 9. The summed E-state index contributed by atoms with van der Waals surface area (Å²) >= 11 is 1.23. The second-order valence-electron chi connectivity index (χ2n) is 7.80. The van der Waals surface area contributed by atoms with Gasteiger partial charge in [-0.05, 0) is 49.9 Å². The van der Waals surface area contributed by atoms with Crippen molar-refractivity contribution in [1.82, 2.24) is 0 Å². The number of carbonyl (C=O) groups excluding carboxylic acids is 1. The van der Waals surface area contributed by atoms with E-state index in [1.807, 2.05) is 66.5 Å². The topological polar surface area (TPSA) is 101 Å². The number of esters is 1. The van der Waals surface area contributed by atoms with Gasteiger partial charge in [-0.2, -0.15) is 10.2 Å². The van der Waals surface area contributed by atoms with E-state index in [0.717, 1.165) is 22.5 Å². The maximum Gasteiger partial charge on any atom is 0.365 e. The summed E-state index contributed by atoms with van der Waals surface area (Å²) in [5.41, 5.74) is 3.92. The Bertz CT molecular complexity index is 1360. The van der Waals surface area contributed by atoms with Crippen LogP contribution in [-0.4, -0.2) is 28.3 Å². The zero-order chi connectivity index (χ0) is 24.6. The van der Waals surface area contributed by atoms with Gasteiger partial charge in [0.05, 0.1) is 28.6 Å². The van der Waals surface area contributed by atoms with Crippen LogP contribution in [0.5, 0.6) is 0 Å². The minimum atomic E-state index is -1.12. The largest absolute Gasteiger partial charge is 0.461 e. The molecule has 0 fully saturated rings. The summed E-state index contributed by atoms with van der Waals surface area (Å²) in [6.45, 7) is 3.88. The molecule has 0 saturated heterocycles. The van der Waals surface area contributed by atoms with Crippen molar-refractivity contribution < 1.29 is 14.5 Å². The number of hydrazone groups is 2. The number of non-ortho nitro benzene ring substituents is 1. The number of para-hydroxylation sites is 1. The van der Waals surface area contributed by atoms with Gasteiger partial charge >= 0.3 is 5.97 Å². The quantitative estimate of drug-likeness (QED) is 0.281. The number of anilines is 2. The predicted octanol–water partition coefficient (Wildman–Crippen LogP) is 5.08. The molecule has 1 spiro atoms. The molecule has 2 heterocycles. The first-order chi connectivity index (χ1) is 17.0. The fourth-order valence-corrected chi connectivity index (χ4v) is 5.44. The van der Waals surface area contributed by atoms with Gasteiger partial charge in [0.1, 0.15) is 0 Å². The van der Waals surface area contributed by atoms with Crippen molar-refractivity contribution in [2.45, 2.75) is 18.8 Å². The first kappa shape index (κ1) is 22.6. The Balaban J connectivity index is 1.76. The zero-order valence-corrected chi connectivity index (χ0v) is 19.8. The van der Waals surface area contributed by atoms with Crippen molar-refractivity contribution in [3.8, 4) is 0 Å². The number of nitro groups is 1. The van der Waals surface area contributed by atoms with Gasteiger partial charge < -0.3 is 4.74 Å². The molecule has 0 bridgehead atoms. The highest BCUT2D eigenvalue weighted by atomic mass is 32.2. The van der Waals surface area contributed by atoms with E-state index in [1.165, 1.54) is 23.9 Å². The van der Waals surface area contributed by atoms with E-state index in [1.54, 1.807) is 24.1 Å². The van der Waals surface area contributed by atoms with Crippen molar-refractivity contribution in [2.75, 3.05) is 16.6 Å². The molecule has 3 aromatic rings. The molecule has 0 saturated carbocycles. The molecule has 0 aromatic heterocycles. The Morgan fingerprint density at radius 3 is 2.29 bits per heavy atom. The van der Waals surface area contributed by atoms with Crippen LogP contribution in [0.1, 0.15) is 25.0 Å². The molecule has 10 heteroatoms. The van der Waals surface area contributed by atoms with Crippen LogP contribution in [0.15, 0.2) is 89.1 Å². The highest BCUT2D eigenvalue weighted by Gasteiger charge is 2.56. The van der Waals surface area contributed by atoms with E-state index in [9.17, 15) is 14.9 Å². The molecule has 1 atom stereocenters. The average Bonchev–Trinajstić information content (AvgIpc) is 3.28. The Morgan fingerprint density at radius 2 is 1.60 bits per heavy atom. The fourth-order valence-electron chi connectivity index (χ4n) is 4.15. The third kappa shape index (κ3) is 3.71. The number of nitrogens with zero attached hydrogens (tertiary/aromatic N) is 5. The number of ether oxygens (including phenoxy) is 1. The minimum Gasteiger partial charge on any atom is -0.461 e. The molecule has 2 aliphatic rings. The van der Waals surface area contributed by atoms with E-state index in [4.69, 9.17) is 9.84 Å². The zero-order valence-electron chi connectivity index (χ0n) is 19.0. The second-order valence-corrected chi connectivity index (χ2v) is 8.96. The number of benzene rings is 3. The maximum absolute atomic E-state index is 12.9. The van der Waals surface area contributed by atoms with E-state index in [2.05, 4.69) is 5.10 Å². The Kier molecular flexibility index (Phi) is 5.73. The van der Waals surface area contributed by atoms with Gasteiger partial charge in [-0.1, -0.05) is 42.5 Å². The van der Waals surface area contributed by atoms with Crippen LogP contribution in [-0.2, 0) is 14.5 Å². The Hall–Kier alpha value is -4.18. The fraction of sp³-hybridized carbons (Fsp3) is 0.160. The molecule has 0 N–H and O–H groups in total. The monoisotopic (exact) mass is 487 g/mol.